The quantitative estimate of drug-likeness (QED) is 0.748. The highest BCUT2D eigenvalue weighted by Crippen LogP contribution is 2.16. The molecule has 0 saturated heterocycles. The van der Waals surface area contributed by atoms with Crippen LogP contribution in [0.4, 0.5) is 0 Å². The van der Waals surface area contributed by atoms with Crippen molar-refractivity contribution in [2.75, 3.05) is 13.2 Å². The highest BCUT2D eigenvalue weighted by Gasteiger charge is 2.23. The van der Waals surface area contributed by atoms with Gasteiger partial charge in [-0.15, -0.1) is 0 Å². The lowest BCUT2D eigenvalue weighted by atomic mass is 9.96. The molecule has 0 bridgehead atoms. The topological polar surface area (TPSA) is 87.6 Å². The molecule has 0 aliphatic heterocycles. The van der Waals surface area contributed by atoms with Crippen LogP contribution >= 0.6 is 0 Å². The van der Waals surface area contributed by atoms with Gasteiger partial charge in [-0.1, -0.05) is 13.8 Å². The molecule has 0 radical (unpaired) electrons. The summed E-state index contributed by atoms with van der Waals surface area (Å²) in [6, 6.07) is 0. The average Bonchev–Trinajstić information content (AvgIpc) is 2.85. The fourth-order valence-electron chi connectivity index (χ4n) is 1.28. The molecule has 0 saturated carbocycles. The fourth-order valence-corrected chi connectivity index (χ4v) is 1.28. The first-order valence-electron chi connectivity index (χ1n) is 6.09. The Kier molecular flexibility index (Phi) is 5.15. The standard InChI is InChI=1S/C12H20N2O4/c1-4-12(13,5-2)8-18-11-14-9(7-17-11)10(15)16-6-3/h7H,4-6,8,13H2,1-3H3. The summed E-state index contributed by atoms with van der Waals surface area (Å²) < 4.78 is 15.2. The van der Waals surface area contributed by atoms with Crippen LogP contribution in [0.25, 0.3) is 0 Å². The predicted octanol–water partition coefficient (Wildman–Crippen LogP) is 1.75. The Balaban J connectivity index is 2.57. The Morgan fingerprint density at radius 3 is 2.67 bits per heavy atom. The molecule has 1 aromatic rings. The van der Waals surface area contributed by atoms with Gasteiger partial charge in [0.2, 0.25) is 0 Å². The second-order valence-electron chi connectivity index (χ2n) is 4.08. The summed E-state index contributed by atoms with van der Waals surface area (Å²) >= 11 is 0. The van der Waals surface area contributed by atoms with E-state index in [0.717, 1.165) is 12.8 Å². The highest BCUT2D eigenvalue weighted by atomic mass is 16.6. The molecule has 0 atom stereocenters. The lowest BCUT2D eigenvalue weighted by Gasteiger charge is -2.25. The van der Waals surface area contributed by atoms with Crippen LogP contribution in [-0.2, 0) is 4.74 Å². The summed E-state index contributed by atoms with van der Waals surface area (Å²) in [4.78, 5) is 15.2. The molecule has 2 N–H and O–H groups in total. The maximum atomic E-state index is 11.3. The van der Waals surface area contributed by atoms with Gasteiger partial charge in [-0.05, 0) is 19.8 Å². The first kappa shape index (κ1) is 14.5. The minimum absolute atomic E-state index is 0.0368. The number of nitrogens with zero attached hydrogens (tertiary/aromatic N) is 1. The molecule has 0 amide bonds. The largest absolute Gasteiger partial charge is 0.461 e. The summed E-state index contributed by atoms with van der Waals surface area (Å²) in [7, 11) is 0. The first-order chi connectivity index (χ1) is 8.54. The van der Waals surface area contributed by atoms with E-state index in [0.29, 0.717) is 13.2 Å². The number of nitrogens with two attached hydrogens (primary N) is 1. The van der Waals surface area contributed by atoms with Crippen LogP contribution < -0.4 is 10.5 Å². The number of hydrogen-bond acceptors (Lipinski definition) is 6. The van der Waals surface area contributed by atoms with E-state index in [1.165, 1.54) is 6.26 Å². The van der Waals surface area contributed by atoms with Gasteiger partial charge in [0.15, 0.2) is 5.69 Å². The van der Waals surface area contributed by atoms with Crippen molar-refractivity contribution in [3.63, 3.8) is 0 Å². The van der Waals surface area contributed by atoms with Gasteiger partial charge in [0.05, 0.1) is 6.61 Å². The number of rotatable bonds is 7. The number of aromatic nitrogens is 1. The van der Waals surface area contributed by atoms with Gasteiger partial charge >= 0.3 is 12.0 Å². The summed E-state index contributed by atoms with van der Waals surface area (Å²) in [5.74, 6) is -0.527. The van der Waals surface area contributed by atoms with Crippen LogP contribution in [0.2, 0.25) is 0 Å². The Bertz CT molecular complexity index is 385. The number of carbonyl (C=O) groups excluding carboxylic acids is 1. The molecule has 6 nitrogen and oxygen atoms in total. The zero-order valence-corrected chi connectivity index (χ0v) is 11.1. The van der Waals surface area contributed by atoms with Crippen molar-refractivity contribution < 1.29 is 18.7 Å². The van der Waals surface area contributed by atoms with Crippen molar-refractivity contribution in [1.29, 1.82) is 0 Å². The van der Waals surface area contributed by atoms with Crippen molar-refractivity contribution in [3.8, 4) is 6.08 Å². The molecule has 0 spiro atoms. The molecule has 102 valence electrons. The van der Waals surface area contributed by atoms with Gasteiger partial charge in [0.1, 0.15) is 12.9 Å². The van der Waals surface area contributed by atoms with Crippen LogP contribution in [-0.4, -0.2) is 29.7 Å². The molecular formula is C12H20N2O4. The van der Waals surface area contributed by atoms with Crippen LogP contribution in [0.3, 0.4) is 0 Å². The third kappa shape index (κ3) is 3.73. The van der Waals surface area contributed by atoms with E-state index in [1.54, 1.807) is 6.92 Å². The Labute approximate surface area is 106 Å². The van der Waals surface area contributed by atoms with E-state index in [-0.39, 0.29) is 11.8 Å². The van der Waals surface area contributed by atoms with Crippen molar-refractivity contribution >= 4 is 5.97 Å². The minimum Gasteiger partial charge on any atom is -0.461 e. The van der Waals surface area contributed by atoms with Crippen molar-refractivity contribution in [2.24, 2.45) is 5.73 Å². The SMILES string of the molecule is CCOC(=O)c1coc(OCC(N)(CC)CC)n1. The number of ether oxygens (including phenoxy) is 2. The maximum absolute atomic E-state index is 11.3. The van der Waals surface area contributed by atoms with Crippen LogP contribution in [0.1, 0.15) is 44.1 Å². The lowest BCUT2D eigenvalue weighted by Crippen LogP contribution is -2.44. The van der Waals surface area contributed by atoms with Gasteiger partial charge in [-0.25, -0.2) is 4.79 Å². The molecule has 0 aromatic carbocycles. The third-order valence-electron chi connectivity index (χ3n) is 2.86. The van der Waals surface area contributed by atoms with Gasteiger partial charge < -0.3 is 19.6 Å². The van der Waals surface area contributed by atoms with Crippen molar-refractivity contribution in [2.45, 2.75) is 39.2 Å². The third-order valence-corrected chi connectivity index (χ3v) is 2.86. The number of oxazole rings is 1. The Hall–Kier alpha value is -1.56. The molecule has 0 fully saturated rings. The zero-order valence-electron chi connectivity index (χ0n) is 11.1. The van der Waals surface area contributed by atoms with E-state index in [1.807, 2.05) is 13.8 Å². The minimum atomic E-state index is -0.527. The normalized spacial score (nSPS) is 11.3. The second kappa shape index (κ2) is 6.39. The van der Waals surface area contributed by atoms with Gasteiger partial charge in [-0.2, -0.15) is 4.98 Å². The summed E-state index contributed by atoms with van der Waals surface area (Å²) in [6.07, 6.45) is 2.82. The van der Waals surface area contributed by atoms with Crippen LogP contribution in [0.5, 0.6) is 6.08 Å². The number of esters is 1. The second-order valence-corrected chi connectivity index (χ2v) is 4.08. The lowest BCUT2D eigenvalue weighted by molar-refractivity contribution is 0.0519. The molecule has 0 aliphatic carbocycles. The van der Waals surface area contributed by atoms with Crippen molar-refractivity contribution in [3.05, 3.63) is 12.0 Å². The highest BCUT2D eigenvalue weighted by molar-refractivity contribution is 5.86. The average molecular weight is 256 g/mol. The monoisotopic (exact) mass is 256 g/mol. The summed E-state index contributed by atoms with van der Waals surface area (Å²) in [5.41, 5.74) is 5.77. The van der Waals surface area contributed by atoms with E-state index >= 15 is 0 Å². The summed E-state index contributed by atoms with van der Waals surface area (Å²) in [6.45, 7) is 6.29. The van der Waals surface area contributed by atoms with E-state index in [4.69, 9.17) is 19.6 Å². The fraction of sp³-hybridized carbons (Fsp3) is 0.667. The summed E-state index contributed by atoms with van der Waals surface area (Å²) in [5, 5.41) is 0. The molecule has 18 heavy (non-hydrogen) atoms. The first-order valence-corrected chi connectivity index (χ1v) is 6.09. The number of carbonyl (C=O) groups is 1. The molecule has 1 heterocycles. The van der Waals surface area contributed by atoms with Gasteiger partial charge in [0, 0.05) is 5.54 Å². The smallest absolute Gasteiger partial charge is 0.394 e. The van der Waals surface area contributed by atoms with Crippen LogP contribution in [0, 0.1) is 0 Å². The van der Waals surface area contributed by atoms with E-state index in [2.05, 4.69) is 4.98 Å². The molecular weight excluding hydrogens is 236 g/mol. The Morgan fingerprint density at radius 1 is 1.44 bits per heavy atom. The van der Waals surface area contributed by atoms with Crippen molar-refractivity contribution in [1.82, 2.24) is 4.98 Å². The zero-order chi connectivity index (χ0) is 13.6. The van der Waals surface area contributed by atoms with E-state index in [9.17, 15) is 4.79 Å². The Morgan fingerprint density at radius 2 is 2.11 bits per heavy atom. The van der Waals surface area contributed by atoms with Gasteiger partial charge in [0.25, 0.3) is 0 Å². The molecule has 0 unspecified atom stereocenters. The molecule has 1 aromatic heterocycles. The van der Waals surface area contributed by atoms with E-state index < -0.39 is 11.5 Å². The molecule has 1 rings (SSSR count). The maximum Gasteiger partial charge on any atom is 0.394 e. The molecule has 6 heteroatoms. The van der Waals surface area contributed by atoms with Crippen LogP contribution in [0.15, 0.2) is 10.7 Å². The molecule has 0 aliphatic rings. The number of hydrogen-bond donors (Lipinski definition) is 1. The van der Waals surface area contributed by atoms with Gasteiger partial charge in [-0.3, -0.25) is 0 Å². The predicted molar refractivity (Wildman–Crippen MR) is 65.5 cm³/mol.